The highest BCUT2D eigenvalue weighted by molar-refractivity contribution is 4.67. The fourth-order valence-electron chi connectivity index (χ4n) is 1.73. The van der Waals surface area contributed by atoms with Crippen LogP contribution in [0.5, 0.6) is 0 Å². The van der Waals surface area contributed by atoms with Crippen LogP contribution in [0.2, 0.25) is 0 Å². The summed E-state index contributed by atoms with van der Waals surface area (Å²) in [5, 5.41) is 3.59. The highest BCUT2D eigenvalue weighted by Crippen LogP contribution is 2.11. The minimum absolute atomic E-state index is 0.671. The molecule has 0 radical (unpaired) electrons. The smallest absolute Gasteiger partial charge is 0.0590 e. The Labute approximate surface area is 102 Å². The highest BCUT2D eigenvalue weighted by atomic mass is 16.5. The molecule has 0 aromatic heterocycles. The Morgan fingerprint density at radius 1 is 1.06 bits per heavy atom. The van der Waals surface area contributed by atoms with Gasteiger partial charge < -0.3 is 10.1 Å². The van der Waals surface area contributed by atoms with Gasteiger partial charge in [-0.1, -0.05) is 40.5 Å². The first-order valence-corrected chi connectivity index (χ1v) is 7.05. The molecule has 0 fully saturated rings. The average molecular weight is 229 g/mol. The van der Waals surface area contributed by atoms with Gasteiger partial charge >= 0.3 is 0 Å². The Morgan fingerprint density at radius 3 is 2.38 bits per heavy atom. The molecule has 0 aromatic carbocycles. The summed E-state index contributed by atoms with van der Waals surface area (Å²) in [6.07, 6.45) is 6.20. The predicted octanol–water partition coefficient (Wildman–Crippen LogP) is 3.61. The van der Waals surface area contributed by atoms with Crippen molar-refractivity contribution < 1.29 is 4.74 Å². The maximum absolute atomic E-state index is 5.54. The van der Waals surface area contributed by atoms with Gasteiger partial charge in [0.1, 0.15) is 0 Å². The molecule has 2 heteroatoms. The van der Waals surface area contributed by atoms with Crippen LogP contribution in [0.15, 0.2) is 0 Å². The molecule has 2 nitrogen and oxygen atoms in total. The molecule has 0 aromatic rings. The molecule has 0 rings (SSSR count). The van der Waals surface area contributed by atoms with Crippen molar-refractivity contribution in [2.45, 2.75) is 65.8 Å². The minimum atomic E-state index is 0.671. The molecule has 0 amide bonds. The Kier molecular flexibility index (Phi) is 11.3. The highest BCUT2D eigenvalue weighted by Gasteiger charge is 2.08. The van der Waals surface area contributed by atoms with E-state index < -0.39 is 0 Å². The quantitative estimate of drug-likeness (QED) is 0.547. The second kappa shape index (κ2) is 11.4. The lowest BCUT2D eigenvalue weighted by molar-refractivity contribution is 0.129. The fraction of sp³-hybridized carbons (Fsp3) is 1.00. The van der Waals surface area contributed by atoms with Crippen LogP contribution in [0.4, 0.5) is 0 Å². The van der Waals surface area contributed by atoms with E-state index in [2.05, 4.69) is 33.0 Å². The number of hydrogen-bond donors (Lipinski definition) is 1. The van der Waals surface area contributed by atoms with Gasteiger partial charge in [-0.05, 0) is 25.2 Å². The van der Waals surface area contributed by atoms with Crippen molar-refractivity contribution in [2.24, 2.45) is 5.92 Å². The monoisotopic (exact) mass is 229 g/mol. The summed E-state index contributed by atoms with van der Waals surface area (Å²) < 4.78 is 5.54. The van der Waals surface area contributed by atoms with Crippen LogP contribution in [0.3, 0.4) is 0 Å². The molecule has 0 aliphatic rings. The third-order valence-electron chi connectivity index (χ3n) is 3.20. The van der Waals surface area contributed by atoms with E-state index in [9.17, 15) is 0 Å². The number of hydrogen-bond acceptors (Lipinski definition) is 2. The zero-order chi connectivity index (χ0) is 12.2. The summed E-state index contributed by atoms with van der Waals surface area (Å²) in [5.74, 6) is 0.832. The Morgan fingerprint density at radius 2 is 1.81 bits per heavy atom. The van der Waals surface area contributed by atoms with Crippen LogP contribution < -0.4 is 5.32 Å². The largest absolute Gasteiger partial charge is 0.380 e. The van der Waals surface area contributed by atoms with Gasteiger partial charge in [0.05, 0.1) is 6.61 Å². The molecule has 0 aliphatic carbocycles. The Bertz CT molecular complexity index is 139. The zero-order valence-corrected chi connectivity index (χ0v) is 11.7. The first kappa shape index (κ1) is 15.9. The summed E-state index contributed by atoms with van der Waals surface area (Å²) in [6.45, 7) is 11.8. The van der Waals surface area contributed by atoms with Crippen LogP contribution in [-0.2, 0) is 4.74 Å². The zero-order valence-electron chi connectivity index (χ0n) is 11.7. The third-order valence-corrected chi connectivity index (χ3v) is 3.20. The molecule has 0 saturated carbocycles. The van der Waals surface area contributed by atoms with Gasteiger partial charge in [0.15, 0.2) is 0 Å². The van der Waals surface area contributed by atoms with Crippen LogP contribution in [-0.4, -0.2) is 25.8 Å². The number of nitrogens with one attached hydrogen (secondary N) is 1. The summed E-state index contributed by atoms with van der Waals surface area (Å²) in [6, 6.07) is 0.671. The maximum Gasteiger partial charge on any atom is 0.0590 e. The molecule has 0 saturated heterocycles. The second-order valence-electron chi connectivity index (χ2n) is 4.77. The van der Waals surface area contributed by atoms with E-state index >= 15 is 0 Å². The van der Waals surface area contributed by atoms with E-state index in [1.807, 2.05) is 0 Å². The lowest BCUT2D eigenvalue weighted by Gasteiger charge is -2.20. The number of rotatable bonds is 11. The summed E-state index contributed by atoms with van der Waals surface area (Å²) in [4.78, 5) is 0. The molecular weight excluding hydrogens is 198 g/mol. The van der Waals surface area contributed by atoms with Gasteiger partial charge in [-0.25, -0.2) is 0 Å². The van der Waals surface area contributed by atoms with Crippen molar-refractivity contribution in [1.29, 1.82) is 0 Å². The van der Waals surface area contributed by atoms with Crippen molar-refractivity contribution in [3.05, 3.63) is 0 Å². The van der Waals surface area contributed by atoms with Crippen LogP contribution >= 0.6 is 0 Å². The van der Waals surface area contributed by atoms with Crippen LogP contribution in [0.1, 0.15) is 59.8 Å². The van der Waals surface area contributed by atoms with Crippen LogP contribution in [0, 0.1) is 5.92 Å². The van der Waals surface area contributed by atoms with E-state index in [1.165, 1.54) is 32.1 Å². The van der Waals surface area contributed by atoms with Gasteiger partial charge in [-0.3, -0.25) is 0 Å². The van der Waals surface area contributed by atoms with Crippen molar-refractivity contribution in [2.75, 3.05) is 19.8 Å². The molecule has 98 valence electrons. The maximum atomic E-state index is 5.54. The van der Waals surface area contributed by atoms with E-state index in [1.54, 1.807) is 0 Å². The first-order valence-electron chi connectivity index (χ1n) is 7.05. The average Bonchev–Trinajstić information content (AvgIpc) is 2.31. The molecule has 1 N–H and O–H groups in total. The topological polar surface area (TPSA) is 21.3 Å². The molecule has 0 spiro atoms. The predicted molar refractivity (Wildman–Crippen MR) is 71.9 cm³/mol. The first-order chi connectivity index (χ1) is 7.74. The van der Waals surface area contributed by atoms with Gasteiger partial charge in [-0.15, -0.1) is 0 Å². The second-order valence-corrected chi connectivity index (χ2v) is 4.77. The molecule has 0 heterocycles. The SMILES string of the molecule is CCCCOCCNC(CC)CC(C)CC. The van der Waals surface area contributed by atoms with Crippen molar-refractivity contribution in [1.82, 2.24) is 5.32 Å². The lowest BCUT2D eigenvalue weighted by Crippen LogP contribution is -2.32. The molecule has 0 bridgehead atoms. The standard InChI is InChI=1S/C14H31NO/c1-5-8-10-16-11-9-15-14(7-3)12-13(4)6-2/h13-15H,5-12H2,1-4H3. The molecule has 16 heavy (non-hydrogen) atoms. The summed E-state index contributed by atoms with van der Waals surface area (Å²) in [5.41, 5.74) is 0. The number of ether oxygens (including phenoxy) is 1. The molecule has 0 aliphatic heterocycles. The van der Waals surface area contributed by atoms with Crippen molar-refractivity contribution >= 4 is 0 Å². The third kappa shape index (κ3) is 9.17. The Hall–Kier alpha value is -0.0800. The number of unbranched alkanes of at least 4 members (excludes halogenated alkanes) is 1. The molecule has 2 atom stereocenters. The van der Waals surface area contributed by atoms with E-state index in [0.29, 0.717) is 6.04 Å². The minimum Gasteiger partial charge on any atom is -0.380 e. The summed E-state index contributed by atoms with van der Waals surface area (Å²) in [7, 11) is 0. The van der Waals surface area contributed by atoms with Crippen molar-refractivity contribution in [3.63, 3.8) is 0 Å². The van der Waals surface area contributed by atoms with Gasteiger partial charge in [0, 0.05) is 19.2 Å². The van der Waals surface area contributed by atoms with E-state index in [4.69, 9.17) is 4.74 Å². The van der Waals surface area contributed by atoms with Gasteiger partial charge in [0.2, 0.25) is 0 Å². The van der Waals surface area contributed by atoms with Crippen molar-refractivity contribution in [3.8, 4) is 0 Å². The fourth-order valence-corrected chi connectivity index (χ4v) is 1.73. The summed E-state index contributed by atoms with van der Waals surface area (Å²) >= 11 is 0. The van der Waals surface area contributed by atoms with Gasteiger partial charge in [0.25, 0.3) is 0 Å². The van der Waals surface area contributed by atoms with Gasteiger partial charge in [-0.2, -0.15) is 0 Å². The molecule has 2 unspecified atom stereocenters. The molecular formula is C14H31NO. The lowest BCUT2D eigenvalue weighted by atomic mass is 9.98. The van der Waals surface area contributed by atoms with E-state index in [-0.39, 0.29) is 0 Å². The van der Waals surface area contributed by atoms with E-state index in [0.717, 1.165) is 25.7 Å². The van der Waals surface area contributed by atoms with Crippen LogP contribution in [0.25, 0.3) is 0 Å². The Balaban J connectivity index is 3.40. The normalized spacial score (nSPS) is 15.0.